The maximum atomic E-state index is 12.6. The molecule has 162 valence electrons. The van der Waals surface area contributed by atoms with Crippen LogP contribution >= 0.6 is 11.8 Å². The first-order chi connectivity index (χ1) is 14.4. The third-order valence-electron chi connectivity index (χ3n) is 4.84. The Morgan fingerprint density at radius 3 is 2.63 bits per heavy atom. The number of amides is 2. The summed E-state index contributed by atoms with van der Waals surface area (Å²) in [5, 5.41) is 11.7. The van der Waals surface area contributed by atoms with Gasteiger partial charge in [0.05, 0.1) is 19.5 Å². The van der Waals surface area contributed by atoms with Gasteiger partial charge < -0.3 is 25.1 Å². The molecular weight excluding hydrogens is 406 g/mol. The number of hydrogen-bond donors (Lipinski definition) is 2. The number of carbonyl (C=O) groups is 2. The van der Waals surface area contributed by atoms with E-state index in [-0.39, 0.29) is 23.5 Å². The zero-order valence-corrected chi connectivity index (χ0v) is 18.2. The molecule has 0 aliphatic heterocycles. The van der Waals surface area contributed by atoms with Crippen molar-refractivity contribution >= 4 is 23.6 Å². The molecule has 0 saturated heterocycles. The van der Waals surface area contributed by atoms with Crippen molar-refractivity contribution in [2.24, 2.45) is 5.73 Å². The first kappa shape index (κ1) is 21.9. The standard InChI is InChI=1S/C20H27N5O4S/c1-12(19(27)22-11-13-4-7-15(28-2)16(10-13)29-3)30-20-24-23-18(14-5-6-14)25(20)9-8-17(21)26/h4,7,10,12,14H,5-6,8-9,11H2,1-3H3,(H2,21,26)(H,22,27). The second-order valence-corrected chi connectivity index (χ2v) is 8.46. The largest absolute Gasteiger partial charge is 0.493 e. The quantitative estimate of drug-likeness (QED) is 0.519. The minimum atomic E-state index is -0.381. The second kappa shape index (κ2) is 9.84. The minimum absolute atomic E-state index is 0.118. The van der Waals surface area contributed by atoms with Gasteiger partial charge in [-0.05, 0) is 37.5 Å². The molecule has 9 nitrogen and oxygen atoms in total. The van der Waals surface area contributed by atoms with E-state index in [0.29, 0.717) is 35.7 Å². The molecule has 1 atom stereocenters. The van der Waals surface area contributed by atoms with Crippen LogP contribution in [-0.4, -0.2) is 46.0 Å². The van der Waals surface area contributed by atoms with Gasteiger partial charge in [0.1, 0.15) is 5.82 Å². The highest BCUT2D eigenvalue weighted by atomic mass is 32.2. The Bertz CT molecular complexity index is 913. The van der Waals surface area contributed by atoms with E-state index in [1.54, 1.807) is 20.3 Å². The molecular formula is C20H27N5O4S. The summed E-state index contributed by atoms with van der Waals surface area (Å²) in [5.41, 5.74) is 6.21. The van der Waals surface area contributed by atoms with Gasteiger partial charge in [0.15, 0.2) is 16.7 Å². The second-order valence-electron chi connectivity index (χ2n) is 7.15. The Morgan fingerprint density at radius 1 is 1.27 bits per heavy atom. The fourth-order valence-electron chi connectivity index (χ4n) is 3.00. The number of methoxy groups -OCH3 is 2. The average molecular weight is 434 g/mol. The lowest BCUT2D eigenvalue weighted by Gasteiger charge is -2.14. The number of thioether (sulfide) groups is 1. The lowest BCUT2D eigenvalue weighted by molar-refractivity contribution is -0.120. The zero-order valence-electron chi connectivity index (χ0n) is 17.4. The van der Waals surface area contributed by atoms with Crippen molar-refractivity contribution in [3.63, 3.8) is 0 Å². The van der Waals surface area contributed by atoms with Crippen molar-refractivity contribution in [2.45, 2.75) is 55.6 Å². The van der Waals surface area contributed by atoms with Crippen LogP contribution in [0.25, 0.3) is 0 Å². The van der Waals surface area contributed by atoms with Gasteiger partial charge in [-0.1, -0.05) is 17.8 Å². The summed E-state index contributed by atoms with van der Waals surface area (Å²) >= 11 is 1.33. The highest BCUT2D eigenvalue weighted by Crippen LogP contribution is 2.40. The van der Waals surface area contributed by atoms with Crippen LogP contribution in [0.3, 0.4) is 0 Å². The van der Waals surface area contributed by atoms with Crippen molar-refractivity contribution in [3.05, 3.63) is 29.6 Å². The number of rotatable bonds is 11. The first-order valence-electron chi connectivity index (χ1n) is 9.79. The molecule has 1 heterocycles. The minimum Gasteiger partial charge on any atom is -0.493 e. The van der Waals surface area contributed by atoms with Crippen molar-refractivity contribution in [2.75, 3.05) is 14.2 Å². The van der Waals surface area contributed by atoms with Crippen molar-refractivity contribution in [1.29, 1.82) is 0 Å². The summed E-state index contributed by atoms with van der Waals surface area (Å²) in [7, 11) is 3.15. The molecule has 0 spiro atoms. The van der Waals surface area contributed by atoms with E-state index < -0.39 is 0 Å². The van der Waals surface area contributed by atoms with Crippen molar-refractivity contribution < 1.29 is 19.1 Å². The molecule has 10 heteroatoms. The summed E-state index contributed by atoms with van der Waals surface area (Å²) in [5.74, 6) is 2.01. The lowest BCUT2D eigenvalue weighted by Crippen LogP contribution is -2.30. The number of ether oxygens (including phenoxy) is 2. The maximum absolute atomic E-state index is 12.6. The van der Waals surface area contributed by atoms with E-state index in [4.69, 9.17) is 15.2 Å². The molecule has 1 aromatic carbocycles. The van der Waals surface area contributed by atoms with Gasteiger partial charge in [-0.15, -0.1) is 10.2 Å². The first-order valence-corrected chi connectivity index (χ1v) is 10.7. The van der Waals surface area contributed by atoms with Gasteiger partial charge in [0.25, 0.3) is 0 Å². The fraction of sp³-hybridized carbons (Fsp3) is 0.500. The Balaban J connectivity index is 1.61. The van der Waals surface area contributed by atoms with Crippen LogP contribution in [0.1, 0.15) is 43.5 Å². The van der Waals surface area contributed by atoms with Crippen LogP contribution in [0.15, 0.2) is 23.4 Å². The number of benzene rings is 1. The van der Waals surface area contributed by atoms with Crippen molar-refractivity contribution in [3.8, 4) is 11.5 Å². The van der Waals surface area contributed by atoms with Crippen LogP contribution in [0.2, 0.25) is 0 Å². The Labute approximate surface area is 179 Å². The number of nitrogens with two attached hydrogens (primary N) is 1. The molecule has 1 fully saturated rings. The van der Waals surface area contributed by atoms with Gasteiger partial charge >= 0.3 is 0 Å². The average Bonchev–Trinajstić information content (AvgIpc) is 3.51. The van der Waals surface area contributed by atoms with Crippen LogP contribution in [0, 0.1) is 0 Å². The third-order valence-corrected chi connectivity index (χ3v) is 5.92. The highest BCUT2D eigenvalue weighted by molar-refractivity contribution is 8.00. The normalized spacial score (nSPS) is 14.2. The lowest BCUT2D eigenvalue weighted by atomic mass is 10.2. The third kappa shape index (κ3) is 5.44. The molecule has 2 aromatic rings. The van der Waals surface area contributed by atoms with Gasteiger partial charge in [-0.25, -0.2) is 0 Å². The summed E-state index contributed by atoms with van der Waals surface area (Å²) < 4.78 is 12.4. The van der Waals surface area contributed by atoms with E-state index in [2.05, 4.69) is 15.5 Å². The van der Waals surface area contributed by atoms with Crippen LogP contribution in [0.4, 0.5) is 0 Å². The van der Waals surface area contributed by atoms with Gasteiger partial charge in [0.2, 0.25) is 11.8 Å². The number of primary amides is 1. The topological polar surface area (TPSA) is 121 Å². The van der Waals surface area contributed by atoms with E-state index in [1.807, 2.05) is 23.6 Å². The van der Waals surface area contributed by atoms with Crippen LogP contribution in [0.5, 0.6) is 11.5 Å². The molecule has 3 N–H and O–H groups in total. The molecule has 1 aliphatic rings. The number of aromatic nitrogens is 3. The highest BCUT2D eigenvalue weighted by Gasteiger charge is 2.31. The molecule has 1 aromatic heterocycles. The number of nitrogens with one attached hydrogen (secondary N) is 1. The monoisotopic (exact) mass is 433 g/mol. The summed E-state index contributed by atoms with van der Waals surface area (Å²) in [6, 6.07) is 5.51. The Hall–Kier alpha value is -2.75. The zero-order chi connectivity index (χ0) is 21.7. The summed E-state index contributed by atoms with van der Waals surface area (Å²) in [6.45, 7) is 2.61. The number of hydrogen-bond acceptors (Lipinski definition) is 7. The van der Waals surface area contributed by atoms with Gasteiger partial charge in [-0.3, -0.25) is 9.59 Å². The molecule has 1 unspecified atom stereocenters. The van der Waals surface area contributed by atoms with E-state index in [1.165, 1.54) is 11.8 Å². The summed E-state index contributed by atoms with van der Waals surface area (Å²) in [4.78, 5) is 23.8. The van der Waals surface area contributed by atoms with Crippen LogP contribution < -0.4 is 20.5 Å². The SMILES string of the molecule is COc1ccc(CNC(=O)C(C)Sc2nnc(C3CC3)n2CCC(N)=O)cc1OC. The smallest absolute Gasteiger partial charge is 0.233 e. The molecule has 30 heavy (non-hydrogen) atoms. The summed E-state index contributed by atoms with van der Waals surface area (Å²) in [6.07, 6.45) is 2.35. The molecule has 1 aliphatic carbocycles. The van der Waals surface area contributed by atoms with Gasteiger partial charge in [0, 0.05) is 25.4 Å². The van der Waals surface area contributed by atoms with E-state index in [9.17, 15) is 9.59 Å². The Kier molecular flexibility index (Phi) is 7.20. The molecule has 1 saturated carbocycles. The Morgan fingerprint density at radius 2 is 2.00 bits per heavy atom. The van der Waals surface area contributed by atoms with Crippen LogP contribution in [-0.2, 0) is 22.7 Å². The number of nitrogens with zero attached hydrogens (tertiary/aromatic N) is 3. The molecule has 2 amide bonds. The van der Waals surface area contributed by atoms with Crippen molar-refractivity contribution in [1.82, 2.24) is 20.1 Å². The predicted octanol–water partition coefficient (Wildman–Crippen LogP) is 1.85. The predicted molar refractivity (Wildman–Crippen MR) is 113 cm³/mol. The van der Waals surface area contributed by atoms with E-state index in [0.717, 1.165) is 24.2 Å². The number of carbonyl (C=O) groups excluding carboxylic acids is 2. The van der Waals surface area contributed by atoms with Gasteiger partial charge in [-0.2, -0.15) is 0 Å². The van der Waals surface area contributed by atoms with E-state index >= 15 is 0 Å². The fourth-order valence-corrected chi connectivity index (χ4v) is 3.90. The molecule has 0 bridgehead atoms. The molecule has 0 radical (unpaired) electrons. The molecule has 3 rings (SSSR count). The maximum Gasteiger partial charge on any atom is 0.233 e.